The molecule has 0 radical (unpaired) electrons. The minimum Gasteiger partial charge on any atom is -0.354 e. The van der Waals surface area contributed by atoms with Gasteiger partial charge in [-0.1, -0.05) is 39.5 Å². The first-order valence-electron chi connectivity index (χ1n) is 7.42. The van der Waals surface area contributed by atoms with Gasteiger partial charge in [-0.05, 0) is 19.3 Å². The van der Waals surface area contributed by atoms with Crippen LogP contribution >= 0.6 is 11.8 Å². The quantitative estimate of drug-likeness (QED) is 0.842. The Morgan fingerprint density at radius 3 is 2.45 bits per heavy atom. The molecule has 20 heavy (non-hydrogen) atoms. The molecule has 0 aromatic carbocycles. The second-order valence-electron chi connectivity index (χ2n) is 6.08. The highest BCUT2D eigenvalue weighted by Crippen LogP contribution is 2.31. The predicted octanol–water partition coefficient (Wildman–Crippen LogP) is 3.18. The molecule has 0 unspecified atom stereocenters. The summed E-state index contributed by atoms with van der Waals surface area (Å²) in [5.41, 5.74) is 0. The number of hydrogen-bond donors (Lipinski definition) is 1. The van der Waals surface area contributed by atoms with E-state index in [4.69, 9.17) is 0 Å². The lowest BCUT2D eigenvalue weighted by molar-refractivity contribution is 0.777. The minimum absolute atomic E-state index is 0.103. The van der Waals surface area contributed by atoms with Gasteiger partial charge in [-0.25, -0.2) is 0 Å². The van der Waals surface area contributed by atoms with Crippen molar-refractivity contribution in [3.8, 4) is 0 Å². The normalized spacial score (nSPS) is 15.7. The first-order valence-corrected chi connectivity index (χ1v) is 8.23. The summed E-state index contributed by atoms with van der Waals surface area (Å²) in [6.45, 7) is 11.7. The maximum Gasteiger partial charge on any atom is 0.231 e. The highest BCUT2D eigenvalue weighted by Gasteiger charge is 2.20. The average Bonchev–Trinajstić information content (AvgIpc) is 2.87. The standard InChI is InChI=1S/C14H25N5S/c1-5-8-15-11-16-12(19-9-6-7-10-19)18-13(17-11)20-14(2,3)4/h5-10H2,1-4H3,(H,15,16,17,18). The van der Waals surface area contributed by atoms with Crippen molar-refractivity contribution in [1.82, 2.24) is 15.0 Å². The molecule has 0 bridgehead atoms. The molecule has 1 aromatic rings. The Balaban J connectivity index is 2.23. The molecule has 112 valence electrons. The summed E-state index contributed by atoms with van der Waals surface area (Å²) in [4.78, 5) is 16.0. The van der Waals surface area contributed by atoms with E-state index < -0.39 is 0 Å². The Labute approximate surface area is 126 Å². The van der Waals surface area contributed by atoms with Gasteiger partial charge in [-0.2, -0.15) is 15.0 Å². The van der Waals surface area contributed by atoms with Crippen molar-refractivity contribution in [2.75, 3.05) is 29.9 Å². The van der Waals surface area contributed by atoms with Crippen LogP contribution in [0, 0.1) is 0 Å². The molecule has 1 fully saturated rings. The predicted molar refractivity (Wildman–Crippen MR) is 85.7 cm³/mol. The van der Waals surface area contributed by atoms with Gasteiger partial charge in [0, 0.05) is 24.4 Å². The van der Waals surface area contributed by atoms with E-state index in [2.05, 4.69) is 52.9 Å². The van der Waals surface area contributed by atoms with Gasteiger partial charge in [0.2, 0.25) is 11.9 Å². The van der Waals surface area contributed by atoms with Crippen molar-refractivity contribution in [1.29, 1.82) is 0 Å². The molecule has 1 aliphatic rings. The van der Waals surface area contributed by atoms with Crippen LogP contribution in [-0.2, 0) is 0 Å². The average molecular weight is 295 g/mol. The highest BCUT2D eigenvalue weighted by atomic mass is 32.2. The molecule has 1 aliphatic heterocycles. The SMILES string of the molecule is CCCNc1nc(SC(C)(C)C)nc(N2CCCC2)n1. The first kappa shape index (κ1) is 15.4. The van der Waals surface area contributed by atoms with Gasteiger partial charge in [0.1, 0.15) is 0 Å². The van der Waals surface area contributed by atoms with Crippen LogP contribution in [0.5, 0.6) is 0 Å². The zero-order chi connectivity index (χ0) is 14.6. The number of anilines is 2. The molecule has 0 saturated carbocycles. The molecule has 6 heteroatoms. The lowest BCUT2D eigenvalue weighted by atomic mass is 10.3. The Morgan fingerprint density at radius 1 is 1.15 bits per heavy atom. The number of thioether (sulfide) groups is 1. The molecule has 1 saturated heterocycles. The fraction of sp³-hybridized carbons (Fsp3) is 0.786. The van der Waals surface area contributed by atoms with E-state index in [9.17, 15) is 0 Å². The molecule has 2 heterocycles. The molecule has 1 N–H and O–H groups in total. The molecule has 5 nitrogen and oxygen atoms in total. The van der Waals surface area contributed by atoms with Crippen LogP contribution in [0.2, 0.25) is 0 Å². The molecular weight excluding hydrogens is 270 g/mol. The van der Waals surface area contributed by atoms with Crippen LogP contribution in [0.25, 0.3) is 0 Å². The van der Waals surface area contributed by atoms with E-state index >= 15 is 0 Å². The van der Waals surface area contributed by atoms with Gasteiger partial charge in [-0.15, -0.1) is 0 Å². The maximum atomic E-state index is 4.64. The van der Waals surface area contributed by atoms with Crippen molar-refractivity contribution >= 4 is 23.7 Å². The maximum absolute atomic E-state index is 4.64. The van der Waals surface area contributed by atoms with E-state index in [1.54, 1.807) is 11.8 Å². The Kier molecular flexibility index (Phi) is 5.07. The summed E-state index contributed by atoms with van der Waals surface area (Å²) in [6.07, 6.45) is 3.52. The summed E-state index contributed by atoms with van der Waals surface area (Å²) in [5, 5.41) is 4.10. The lowest BCUT2D eigenvalue weighted by Crippen LogP contribution is -2.22. The summed E-state index contributed by atoms with van der Waals surface area (Å²) < 4.78 is 0.103. The first-order chi connectivity index (χ1) is 9.48. The number of nitrogens with zero attached hydrogens (tertiary/aromatic N) is 4. The van der Waals surface area contributed by atoms with Crippen molar-refractivity contribution in [3.05, 3.63) is 0 Å². The summed E-state index contributed by atoms with van der Waals surface area (Å²) >= 11 is 1.69. The molecule has 0 atom stereocenters. The number of hydrogen-bond acceptors (Lipinski definition) is 6. The van der Waals surface area contributed by atoms with Gasteiger partial charge in [0.25, 0.3) is 0 Å². The largest absolute Gasteiger partial charge is 0.354 e. The smallest absolute Gasteiger partial charge is 0.231 e. The zero-order valence-corrected chi connectivity index (χ0v) is 13.8. The van der Waals surface area contributed by atoms with Gasteiger partial charge < -0.3 is 10.2 Å². The molecule has 2 rings (SSSR count). The Morgan fingerprint density at radius 2 is 1.85 bits per heavy atom. The second kappa shape index (κ2) is 6.61. The van der Waals surface area contributed by atoms with E-state index in [0.29, 0.717) is 5.95 Å². The topological polar surface area (TPSA) is 53.9 Å². The van der Waals surface area contributed by atoms with Crippen molar-refractivity contribution < 1.29 is 0 Å². The van der Waals surface area contributed by atoms with E-state index in [1.807, 2.05) is 0 Å². The Bertz CT molecular complexity index is 438. The van der Waals surface area contributed by atoms with Gasteiger partial charge in [0.05, 0.1) is 0 Å². The lowest BCUT2D eigenvalue weighted by Gasteiger charge is -2.20. The molecule has 1 aromatic heterocycles. The van der Waals surface area contributed by atoms with Gasteiger partial charge in [0.15, 0.2) is 5.16 Å². The van der Waals surface area contributed by atoms with Crippen LogP contribution in [0.4, 0.5) is 11.9 Å². The summed E-state index contributed by atoms with van der Waals surface area (Å²) in [5.74, 6) is 1.53. The third-order valence-corrected chi connectivity index (χ3v) is 3.90. The van der Waals surface area contributed by atoms with E-state index in [-0.39, 0.29) is 4.75 Å². The van der Waals surface area contributed by atoms with Gasteiger partial charge >= 0.3 is 0 Å². The molecule has 0 spiro atoms. The molecule has 0 aliphatic carbocycles. The van der Waals surface area contributed by atoms with Crippen LogP contribution in [0.3, 0.4) is 0 Å². The van der Waals surface area contributed by atoms with Crippen LogP contribution in [0.15, 0.2) is 5.16 Å². The Hall–Kier alpha value is -1.04. The van der Waals surface area contributed by atoms with Crippen LogP contribution < -0.4 is 10.2 Å². The van der Waals surface area contributed by atoms with Crippen molar-refractivity contribution in [3.63, 3.8) is 0 Å². The third kappa shape index (κ3) is 4.51. The van der Waals surface area contributed by atoms with Gasteiger partial charge in [-0.3, -0.25) is 0 Å². The fourth-order valence-corrected chi connectivity index (χ4v) is 2.85. The van der Waals surface area contributed by atoms with Crippen molar-refractivity contribution in [2.24, 2.45) is 0 Å². The summed E-state index contributed by atoms with van der Waals surface area (Å²) in [7, 11) is 0. The van der Waals surface area contributed by atoms with Crippen LogP contribution in [-0.4, -0.2) is 39.3 Å². The molecular formula is C14H25N5S. The van der Waals surface area contributed by atoms with Crippen molar-refractivity contribution in [2.45, 2.75) is 56.9 Å². The fourth-order valence-electron chi connectivity index (χ4n) is 2.04. The number of nitrogens with one attached hydrogen (secondary N) is 1. The highest BCUT2D eigenvalue weighted by molar-refractivity contribution is 8.00. The second-order valence-corrected chi connectivity index (χ2v) is 7.87. The third-order valence-electron chi connectivity index (χ3n) is 2.92. The summed E-state index contributed by atoms with van der Waals surface area (Å²) in [6, 6.07) is 0. The number of rotatable bonds is 5. The van der Waals surface area contributed by atoms with Crippen LogP contribution in [0.1, 0.15) is 47.0 Å². The molecule has 0 amide bonds. The zero-order valence-electron chi connectivity index (χ0n) is 12.9. The van der Waals surface area contributed by atoms with E-state index in [0.717, 1.165) is 37.2 Å². The minimum atomic E-state index is 0.103. The van der Waals surface area contributed by atoms with E-state index in [1.165, 1.54) is 12.8 Å². The monoisotopic (exact) mass is 295 g/mol. The number of aromatic nitrogens is 3.